The van der Waals surface area contributed by atoms with Crippen LogP contribution in [-0.4, -0.2) is 31.9 Å². The van der Waals surface area contributed by atoms with Crippen molar-refractivity contribution in [1.29, 1.82) is 0 Å². The molecule has 0 aromatic heterocycles. The number of carbonyl (C=O) groups excluding carboxylic acids is 1. The summed E-state index contributed by atoms with van der Waals surface area (Å²) in [6.07, 6.45) is 0.778. The Balaban J connectivity index is 2.72. The van der Waals surface area contributed by atoms with E-state index in [0.29, 0.717) is 11.4 Å². The zero-order valence-corrected chi connectivity index (χ0v) is 11.3. The maximum Gasteiger partial charge on any atom is 0.251 e. The van der Waals surface area contributed by atoms with Crippen LogP contribution < -0.4 is 10.2 Å². The highest BCUT2D eigenvalue weighted by Gasteiger charge is 2.10. The number of amides is 1. The summed E-state index contributed by atoms with van der Waals surface area (Å²) in [7, 11) is 3.90. The van der Waals surface area contributed by atoms with Gasteiger partial charge in [-0.25, -0.2) is 0 Å². The van der Waals surface area contributed by atoms with Gasteiger partial charge in [0.15, 0.2) is 0 Å². The third kappa shape index (κ3) is 4.27. The van der Waals surface area contributed by atoms with Crippen molar-refractivity contribution in [2.75, 3.05) is 24.9 Å². The van der Waals surface area contributed by atoms with Crippen LogP contribution in [0.4, 0.5) is 5.69 Å². The Hall–Kier alpha value is -1.22. The highest BCUT2D eigenvalue weighted by Crippen LogP contribution is 2.13. The van der Waals surface area contributed by atoms with Gasteiger partial charge in [0.1, 0.15) is 0 Å². The third-order valence-corrected chi connectivity index (χ3v) is 2.76. The molecule has 1 unspecified atom stereocenters. The van der Waals surface area contributed by atoms with Crippen molar-refractivity contribution in [3.05, 3.63) is 29.8 Å². The molecule has 1 N–H and O–H groups in total. The fourth-order valence-electron chi connectivity index (χ4n) is 1.47. The second-order valence-electron chi connectivity index (χ2n) is 4.30. The lowest BCUT2D eigenvalue weighted by Crippen LogP contribution is -2.32. The Morgan fingerprint density at radius 2 is 2.18 bits per heavy atom. The predicted molar refractivity (Wildman–Crippen MR) is 73.0 cm³/mol. The Labute approximate surface area is 108 Å². The molecule has 3 nitrogen and oxygen atoms in total. The molecule has 0 aliphatic carbocycles. The van der Waals surface area contributed by atoms with Crippen LogP contribution in [0, 0.1) is 0 Å². The lowest BCUT2D eigenvalue weighted by atomic mass is 10.1. The van der Waals surface area contributed by atoms with E-state index >= 15 is 0 Å². The average molecular weight is 255 g/mol. The minimum Gasteiger partial charge on any atom is -0.378 e. The first kappa shape index (κ1) is 13.8. The highest BCUT2D eigenvalue weighted by molar-refractivity contribution is 6.17. The third-order valence-electron chi connectivity index (χ3n) is 2.54. The summed E-state index contributed by atoms with van der Waals surface area (Å²) in [6, 6.07) is 7.65. The summed E-state index contributed by atoms with van der Waals surface area (Å²) in [5.41, 5.74) is 1.69. The van der Waals surface area contributed by atoms with E-state index in [1.807, 2.05) is 50.2 Å². The van der Waals surface area contributed by atoms with Crippen molar-refractivity contribution in [3.8, 4) is 0 Å². The van der Waals surface area contributed by atoms with Crippen LogP contribution in [0.5, 0.6) is 0 Å². The SMILES string of the molecule is CC(CCCl)NC(=O)c1cccc(N(C)C)c1. The standard InChI is InChI=1S/C13H19ClN2O/c1-10(7-8-14)15-13(17)11-5-4-6-12(9-11)16(2)3/h4-6,9-10H,7-8H2,1-3H3,(H,15,17). The smallest absolute Gasteiger partial charge is 0.251 e. The maximum absolute atomic E-state index is 11.9. The topological polar surface area (TPSA) is 32.3 Å². The van der Waals surface area contributed by atoms with Crippen molar-refractivity contribution in [2.45, 2.75) is 19.4 Å². The number of hydrogen-bond acceptors (Lipinski definition) is 2. The summed E-state index contributed by atoms with van der Waals surface area (Å²) >= 11 is 5.63. The van der Waals surface area contributed by atoms with E-state index in [1.54, 1.807) is 0 Å². The summed E-state index contributed by atoms with van der Waals surface area (Å²) in [5, 5.41) is 2.92. The van der Waals surface area contributed by atoms with E-state index < -0.39 is 0 Å². The summed E-state index contributed by atoms with van der Waals surface area (Å²) in [5.74, 6) is 0.505. The molecule has 1 amide bonds. The van der Waals surface area contributed by atoms with Crippen LogP contribution in [0.15, 0.2) is 24.3 Å². The van der Waals surface area contributed by atoms with Gasteiger partial charge in [-0.1, -0.05) is 6.07 Å². The molecule has 0 fully saturated rings. The van der Waals surface area contributed by atoms with Gasteiger partial charge in [-0.2, -0.15) is 0 Å². The van der Waals surface area contributed by atoms with Crippen LogP contribution in [-0.2, 0) is 0 Å². The first-order valence-corrected chi connectivity index (χ1v) is 6.22. The molecule has 4 heteroatoms. The second kappa shape index (κ2) is 6.50. The van der Waals surface area contributed by atoms with Crippen LogP contribution >= 0.6 is 11.6 Å². The van der Waals surface area contributed by atoms with Gasteiger partial charge in [-0.3, -0.25) is 4.79 Å². The van der Waals surface area contributed by atoms with Crippen molar-refractivity contribution >= 4 is 23.2 Å². The summed E-state index contributed by atoms with van der Waals surface area (Å²) < 4.78 is 0. The Morgan fingerprint density at radius 3 is 2.76 bits per heavy atom. The Morgan fingerprint density at radius 1 is 1.47 bits per heavy atom. The van der Waals surface area contributed by atoms with Gasteiger partial charge < -0.3 is 10.2 Å². The van der Waals surface area contributed by atoms with Gasteiger partial charge >= 0.3 is 0 Å². The molecular weight excluding hydrogens is 236 g/mol. The van der Waals surface area contributed by atoms with Crippen LogP contribution in [0.1, 0.15) is 23.7 Å². The first-order valence-electron chi connectivity index (χ1n) is 5.69. The molecule has 1 atom stereocenters. The molecule has 17 heavy (non-hydrogen) atoms. The molecule has 1 aromatic rings. The number of nitrogens with one attached hydrogen (secondary N) is 1. The first-order chi connectivity index (χ1) is 8.04. The van der Waals surface area contributed by atoms with Crippen LogP contribution in [0.25, 0.3) is 0 Å². The van der Waals surface area contributed by atoms with E-state index in [4.69, 9.17) is 11.6 Å². The quantitative estimate of drug-likeness (QED) is 0.819. The number of carbonyl (C=O) groups is 1. The van der Waals surface area contributed by atoms with Gasteiger partial charge in [-0.05, 0) is 31.5 Å². The predicted octanol–water partition coefficient (Wildman–Crippen LogP) is 2.50. The number of hydrogen-bond donors (Lipinski definition) is 1. The van der Waals surface area contributed by atoms with Crippen LogP contribution in [0.3, 0.4) is 0 Å². The van der Waals surface area contributed by atoms with E-state index in [2.05, 4.69) is 5.32 Å². The van der Waals surface area contributed by atoms with Crippen molar-refractivity contribution < 1.29 is 4.79 Å². The van der Waals surface area contributed by atoms with Crippen molar-refractivity contribution in [2.24, 2.45) is 0 Å². The number of benzene rings is 1. The molecule has 0 radical (unpaired) electrons. The molecule has 1 aromatic carbocycles. The number of alkyl halides is 1. The van der Waals surface area contributed by atoms with E-state index in [1.165, 1.54) is 0 Å². The van der Waals surface area contributed by atoms with Crippen molar-refractivity contribution in [3.63, 3.8) is 0 Å². The van der Waals surface area contributed by atoms with Gasteiger partial charge in [-0.15, -0.1) is 11.6 Å². The highest BCUT2D eigenvalue weighted by atomic mass is 35.5. The Kier molecular flexibility index (Phi) is 5.29. The molecule has 0 bridgehead atoms. The second-order valence-corrected chi connectivity index (χ2v) is 4.67. The zero-order valence-electron chi connectivity index (χ0n) is 10.5. The van der Waals surface area contributed by atoms with E-state index in [-0.39, 0.29) is 11.9 Å². The summed E-state index contributed by atoms with van der Waals surface area (Å²) in [6.45, 7) is 1.95. The largest absolute Gasteiger partial charge is 0.378 e. The number of halogens is 1. The summed E-state index contributed by atoms with van der Waals surface area (Å²) in [4.78, 5) is 13.9. The molecule has 0 saturated carbocycles. The average Bonchev–Trinajstić information content (AvgIpc) is 2.29. The fraction of sp³-hybridized carbons (Fsp3) is 0.462. The number of nitrogens with zero attached hydrogens (tertiary/aromatic N) is 1. The maximum atomic E-state index is 11.9. The Bertz CT molecular complexity index is 379. The van der Waals surface area contributed by atoms with E-state index in [9.17, 15) is 4.79 Å². The van der Waals surface area contributed by atoms with Gasteiger partial charge in [0.05, 0.1) is 0 Å². The molecule has 0 heterocycles. The lowest BCUT2D eigenvalue weighted by Gasteiger charge is -2.15. The number of anilines is 1. The van der Waals surface area contributed by atoms with Crippen molar-refractivity contribution in [1.82, 2.24) is 5.32 Å². The lowest BCUT2D eigenvalue weighted by molar-refractivity contribution is 0.0939. The minimum atomic E-state index is -0.0497. The monoisotopic (exact) mass is 254 g/mol. The minimum absolute atomic E-state index is 0.0497. The van der Waals surface area contributed by atoms with Crippen LogP contribution in [0.2, 0.25) is 0 Å². The molecule has 0 saturated heterocycles. The fourth-order valence-corrected chi connectivity index (χ4v) is 1.80. The number of rotatable bonds is 5. The normalized spacial score (nSPS) is 12.0. The molecule has 94 valence electrons. The van der Waals surface area contributed by atoms with Gasteiger partial charge in [0.2, 0.25) is 0 Å². The molecular formula is C13H19ClN2O. The zero-order chi connectivity index (χ0) is 12.8. The van der Waals surface area contributed by atoms with Gasteiger partial charge in [0, 0.05) is 37.3 Å². The molecule has 0 aliphatic heterocycles. The van der Waals surface area contributed by atoms with Gasteiger partial charge in [0.25, 0.3) is 5.91 Å². The molecule has 0 spiro atoms. The molecule has 1 rings (SSSR count). The van der Waals surface area contributed by atoms with E-state index in [0.717, 1.165) is 12.1 Å². The molecule has 0 aliphatic rings.